The van der Waals surface area contributed by atoms with Gasteiger partial charge in [-0.1, -0.05) is 37.1 Å². The van der Waals surface area contributed by atoms with E-state index in [2.05, 4.69) is 58.6 Å². The van der Waals surface area contributed by atoms with Crippen LogP contribution in [0.2, 0.25) is 0 Å². The van der Waals surface area contributed by atoms with Crippen molar-refractivity contribution in [2.24, 2.45) is 4.99 Å². The third-order valence-electron chi connectivity index (χ3n) is 4.31. The topological polar surface area (TPSA) is 39.7 Å². The van der Waals surface area contributed by atoms with Crippen LogP contribution in [0.15, 0.2) is 29.3 Å². The second kappa shape index (κ2) is 9.56. The molecule has 128 valence electrons. The number of likely N-dealkylation sites (tertiary alicyclic amines) is 1. The molecule has 0 aromatic heterocycles. The Morgan fingerprint density at radius 3 is 2.35 bits per heavy atom. The van der Waals surface area contributed by atoms with E-state index >= 15 is 0 Å². The van der Waals surface area contributed by atoms with E-state index in [9.17, 15) is 0 Å². The molecular weight excluding hydrogens is 284 g/mol. The van der Waals surface area contributed by atoms with E-state index in [1.807, 2.05) is 7.05 Å². The maximum Gasteiger partial charge on any atom is 0.191 e. The van der Waals surface area contributed by atoms with E-state index < -0.39 is 0 Å². The van der Waals surface area contributed by atoms with Crippen LogP contribution in [0.25, 0.3) is 0 Å². The van der Waals surface area contributed by atoms with Gasteiger partial charge in [-0.2, -0.15) is 0 Å². The standard InChI is InChI=1S/C19H32N4/c1-16(2)22-19(20-3)21-14-17-10-6-7-11-18(17)15-23-12-8-4-5-9-13-23/h6-7,10-11,16H,4-5,8-9,12-15H2,1-3H3,(H2,20,21,22). The van der Waals surface area contributed by atoms with Crippen LogP contribution in [-0.2, 0) is 13.1 Å². The molecule has 1 aliphatic rings. The second-order valence-corrected chi connectivity index (χ2v) is 6.68. The molecule has 1 aromatic carbocycles. The summed E-state index contributed by atoms with van der Waals surface area (Å²) in [4.78, 5) is 6.89. The van der Waals surface area contributed by atoms with Gasteiger partial charge in [0.25, 0.3) is 0 Å². The highest BCUT2D eigenvalue weighted by molar-refractivity contribution is 5.79. The number of hydrogen-bond donors (Lipinski definition) is 2. The van der Waals surface area contributed by atoms with Crippen LogP contribution in [0, 0.1) is 0 Å². The van der Waals surface area contributed by atoms with Crippen molar-refractivity contribution in [2.45, 2.75) is 58.7 Å². The van der Waals surface area contributed by atoms with Crippen molar-refractivity contribution in [3.05, 3.63) is 35.4 Å². The van der Waals surface area contributed by atoms with E-state index in [0.29, 0.717) is 6.04 Å². The van der Waals surface area contributed by atoms with E-state index in [-0.39, 0.29) is 0 Å². The lowest BCUT2D eigenvalue weighted by Crippen LogP contribution is -2.40. The normalized spacial score (nSPS) is 17.1. The van der Waals surface area contributed by atoms with Crippen LogP contribution in [0.4, 0.5) is 0 Å². The molecule has 1 heterocycles. The third-order valence-corrected chi connectivity index (χ3v) is 4.31. The molecule has 0 radical (unpaired) electrons. The monoisotopic (exact) mass is 316 g/mol. The fourth-order valence-electron chi connectivity index (χ4n) is 3.07. The van der Waals surface area contributed by atoms with Gasteiger partial charge >= 0.3 is 0 Å². The van der Waals surface area contributed by atoms with E-state index in [1.165, 1.54) is 49.9 Å². The summed E-state index contributed by atoms with van der Waals surface area (Å²) in [7, 11) is 1.82. The summed E-state index contributed by atoms with van der Waals surface area (Å²) in [5.74, 6) is 0.865. The molecule has 1 fully saturated rings. The predicted molar refractivity (Wildman–Crippen MR) is 98.7 cm³/mol. The molecule has 2 rings (SSSR count). The van der Waals surface area contributed by atoms with Crippen LogP contribution in [0.1, 0.15) is 50.7 Å². The molecule has 0 saturated carbocycles. The summed E-state index contributed by atoms with van der Waals surface area (Å²) in [5, 5.41) is 6.76. The van der Waals surface area contributed by atoms with Crippen molar-refractivity contribution in [1.29, 1.82) is 0 Å². The zero-order chi connectivity index (χ0) is 16.5. The predicted octanol–water partition coefficient (Wildman–Crippen LogP) is 3.14. The van der Waals surface area contributed by atoms with Gasteiger partial charge in [-0.3, -0.25) is 9.89 Å². The largest absolute Gasteiger partial charge is 0.354 e. The van der Waals surface area contributed by atoms with Crippen molar-refractivity contribution < 1.29 is 0 Å². The summed E-state index contributed by atoms with van der Waals surface area (Å²) < 4.78 is 0. The number of rotatable bonds is 5. The number of aliphatic imine (C=N–C) groups is 1. The minimum atomic E-state index is 0.383. The molecule has 0 unspecified atom stereocenters. The first-order valence-electron chi connectivity index (χ1n) is 8.95. The quantitative estimate of drug-likeness (QED) is 0.647. The van der Waals surface area contributed by atoms with Crippen LogP contribution in [0.5, 0.6) is 0 Å². The van der Waals surface area contributed by atoms with Crippen molar-refractivity contribution >= 4 is 5.96 Å². The maximum atomic E-state index is 4.29. The minimum Gasteiger partial charge on any atom is -0.354 e. The summed E-state index contributed by atoms with van der Waals surface area (Å²) in [6.45, 7) is 8.60. The molecule has 0 amide bonds. The Kier molecular flexibility index (Phi) is 7.40. The molecule has 1 saturated heterocycles. The summed E-state index contributed by atoms with van der Waals surface area (Å²) in [5.41, 5.74) is 2.80. The number of hydrogen-bond acceptors (Lipinski definition) is 2. The van der Waals surface area contributed by atoms with Gasteiger partial charge in [-0.05, 0) is 50.9 Å². The van der Waals surface area contributed by atoms with E-state index in [1.54, 1.807) is 0 Å². The Hall–Kier alpha value is -1.55. The van der Waals surface area contributed by atoms with Gasteiger partial charge in [0.05, 0.1) is 0 Å². The fraction of sp³-hybridized carbons (Fsp3) is 0.632. The molecule has 0 aliphatic carbocycles. The SMILES string of the molecule is CN=C(NCc1ccccc1CN1CCCCCC1)NC(C)C. The van der Waals surface area contributed by atoms with Crippen LogP contribution < -0.4 is 10.6 Å². The van der Waals surface area contributed by atoms with Crippen molar-refractivity contribution in [3.63, 3.8) is 0 Å². The molecule has 23 heavy (non-hydrogen) atoms. The number of benzene rings is 1. The zero-order valence-electron chi connectivity index (χ0n) is 14.9. The summed E-state index contributed by atoms with van der Waals surface area (Å²) in [6.07, 6.45) is 5.45. The average Bonchev–Trinajstić information content (AvgIpc) is 2.81. The molecule has 0 spiro atoms. The van der Waals surface area contributed by atoms with Gasteiger partial charge in [-0.15, -0.1) is 0 Å². The van der Waals surface area contributed by atoms with Gasteiger partial charge in [0.15, 0.2) is 5.96 Å². The first-order chi connectivity index (χ1) is 11.2. The van der Waals surface area contributed by atoms with Gasteiger partial charge in [0.1, 0.15) is 0 Å². The molecule has 1 aliphatic heterocycles. The Morgan fingerprint density at radius 1 is 1.09 bits per heavy atom. The van der Waals surface area contributed by atoms with Crippen LogP contribution in [-0.4, -0.2) is 37.0 Å². The smallest absolute Gasteiger partial charge is 0.191 e. The Bertz CT molecular complexity index is 488. The minimum absolute atomic E-state index is 0.383. The van der Waals surface area contributed by atoms with Gasteiger partial charge in [-0.25, -0.2) is 0 Å². The molecule has 0 bridgehead atoms. The van der Waals surface area contributed by atoms with Crippen LogP contribution >= 0.6 is 0 Å². The van der Waals surface area contributed by atoms with Crippen molar-refractivity contribution in [2.75, 3.05) is 20.1 Å². The first kappa shape index (κ1) is 17.8. The maximum absolute atomic E-state index is 4.29. The molecular formula is C19H32N4. The van der Waals surface area contributed by atoms with Gasteiger partial charge in [0, 0.05) is 26.2 Å². The third kappa shape index (κ3) is 6.22. The van der Waals surface area contributed by atoms with E-state index in [4.69, 9.17) is 0 Å². The molecule has 4 nitrogen and oxygen atoms in total. The van der Waals surface area contributed by atoms with E-state index in [0.717, 1.165) is 19.0 Å². The highest BCUT2D eigenvalue weighted by Crippen LogP contribution is 2.16. The van der Waals surface area contributed by atoms with Crippen molar-refractivity contribution in [3.8, 4) is 0 Å². The van der Waals surface area contributed by atoms with Gasteiger partial charge < -0.3 is 10.6 Å². The fourth-order valence-corrected chi connectivity index (χ4v) is 3.07. The zero-order valence-corrected chi connectivity index (χ0v) is 14.9. The summed E-state index contributed by atoms with van der Waals surface area (Å²) >= 11 is 0. The highest BCUT2D eigenvalue weighted by atomic mass is 15.2. The molecule has 1 aromatic rings. The van der Waals surface area contributed by atoms with Crippen LogP contribution in [0.3, 0.4) is 0 Å². The Morgan fingerprint density at radius 2 is 1.74 bits per heavy atom. The molecule has 2 N–H and O–H groups in total. The number of nitrogens with zero attached hydrogens (tertiary/aromatic N) is 2. The Balaban J connectivity index is 1.96. The highest BCUT2D eigenvalue weighted by Gasteiger charge is 2.11. The Labute approximate surface area is 141 Å². The molecule has 4 heteroatoms. The number of nitrogens with one attached hydrogen (secondary N) is 2. The lowest BCUT2D eigenvalue weighted by molar-refractivity contribution is 0.276. The molecule has 0 atom stereocenters. The number of guanidine groups is 1. The first-order valence-corrected chi connectivity index (χ1v) is 8.95. The second-order valence-electron chi connectivity index (χ2n) is 6.68. The van der Waals surface area contributed by atoms with Crippen molar-refractivity contribution in [1.82, 2.24) is 15.5 Å². The van der Waals surface area contributed by atoms with Gasteiger partial charge in [0.2, 0.25) is 0 Å². The summed E-state index contributed by atoms with van der Waals surface area (Å²) in [6, 6.07) is 9.15. The lowest BCUT2D eigenvalue weighted by atomic mass is 10.1. The lowest BCUT2D eigenvalue weighted by Gasteiger charge is -2.22. The average molecular weight is 316 g/mol.